The van der Waals surface area contributed by atoms with Gasteiger partial charge in [-0.1, -0.05) is 30.3 Å². The Labute approximate surface area is 296 Å². The highest BCUT2D eigenvalue weighted by Crippen LogP contribution is 2.37. The van der Waals surface area contributed by atoms with Crippen LogP contribution in [-0.2, 0) is 0 Å². The van der Waals surface area contributed by atoms with Crippen LogP contribution in [0.3, 0.4) is 0 Å². The number of ether oxygens (including phenoxy) is 1. The maximum atomic E-state index is 13.3. The van der Waals surface area contributed by atoms with Crippen molar-refractivity contribution in [3.63, 3.8) is 0 Å². The fraction of sp³-hybridized carbons (Fsp3) is 0.270. The number of aryl methyl sites for hydroxylation is 1. The van der Waals surface area contributed by atoms with Gasteiger partial charge in [0, 0.05) is 65.8 Å². The lowest BCUT2D eigenvalue weighted by atomic mass is 10.0. The highest BCUT2D eigenvalue weighted by atomic mass is 35.5. The molecule has 1 heterocycles. The van der Waals surface area contributed by atoms with E-state index >= 15 is 0 Å². The molecule has 12 heteroatoms. The van der Waals surface area contributed by atoms with Crippen molar-refractivity contribution in [1.29, 1.82) is 0 Å². The van der Waals surface area contributed by atoms with Crippen LogP contribution >= 0.6 is 23.2 Å². The topological polar surface area (TPSA) is 111 Å². The monoisotopic (exact) mass is 701 g/mol. The summed E-state index contributed by atoms with van der Waals surface area (Å²) < 4.78 is 5.58. The van der Waals surface area contributed by atoms with Gasteiger partial charge in [-0.25, -0.2) is 9.78 Å². The van der Waals surface area contributed by atoms with Crippen LogP contribution in [0.5, 0.6) is 5.75 Å². The van der Waals surface area contributed by atoms with Crippen molar-refractivity contribution in [2.45, 2.75) is 6.92 Å². The van der Waals surface area contributed by atoms with Gasteiger partial charge >= 0.3 is 6.03 Å². The normalized spacial score (nSPS) is 11.1. The van der Waals surface area contributed by atoms with Gasteiger partial charge in [0.25, 0.3) is 5.91 Å². The lowest BCUT2D eigenvalue weighted by Crippen LogP contribution is -2.31. The number of likely N-dealkylation sites (N-methyl/N-ethyl adjacent to an activating group) is 1. The van der Waals surface area contributed by atoms with Crippen molar-refractivity contribution in [2.75, 3.05) is 80.0 Å². The molecule has 5 aromatic rings. The molecular weight excluding hydrogens is 661 g/mol. The number of benzene rings is 4. The molecule has 0 aliphatic carbocycles. The molecule has 0 spiro atoms. The van der Waals surface area contributed by atoms with E-state index in [4.69, 9.17) is 32.9 Å². The summed E-state index contributed by atoms with van der Waals surface area (Å²) in [6.45, 7) is 4.58. The molecule has 256 valence electrons. The molecule has 5 rings (SSSR count). The molecule has 0 aliphatic rings. The second-order valence-corrected chi connectivity index (χ2v) is 12.5. The molecule has 3 amide bonds. The predicted octanol–water partition coefficient (Wildman–Crippen LogP) is 7.67. The van der Waals surface area contributed by atoms with Crippen LogP contribution < -0.4 is 30.9 Å². The average molecular weight is 703 g/mol. The smallest absolute Gasteiger partial charge is 0.323 e. The second-order valence-electron chi connectivity index (χ2n) is 11.7. The van der Waals surface area contributed by atoms with Gasteiger partial charge in [-0.3, -0.25) is 4.79 Å². The first-order valence-corrected chi connectivity index (χ1v) is 17.0. The van der Waals surface area contributed by atoms with Crippen LogP contribution in [0.2, 0.25) is 0 Å². The summed E-state index contributed by atoms with van der Waals surface area (Å²) in [5.74, 6) is 1.28. The number of hydrogen-bond donors (Lipinski definition) is 4. The number of methoxy groups -OCH3 is 1. The number of anilines is 5. The Bertz CT molecular complexity index is 1930. The van der Waals surface area contributed by atoms with Crippen LogP contribution in [0, 0.1) is 6.92 Å². The predicted molar refractivity (Wildman–Crippen MR) is 204 cm³/mol. The molecule has 49 heavy (non-hydrogen) atoms. The Morgan fingerprint density at radius 1 is 0.816 bits per heavy atom. The summed E-state index contributed by atoms with van der Waals surface area (Å²) in [5, 5.41) is 14.1. The molecular formula is C37H41Cl2N7O3. The number of halogens is 2. The van der Waals surface area contributed by atoms with Gasteiger partial charge in [-0.15, -0.1) is 23.2 Å². The van der Waals surface area contributed by atoms with E-state index in [0.29, 0.717) is 65.3 Å². The third-order valence-corrected chi connectivity index (χ3v) is 8.38. The van der Waals surface area contributed by atoms with E-state index in [9.17, 15) is 9.59 Å². The van der Waals surface area contributed by atoms with E-state index in [-0.39, 0.29) is 5.91 Å². The molecule has 0 radical (unpaired) electrons. The van der Waals surface area contributed by atoms with Crippen LogP contribution in [-0.4, -0.2) is 81.0 Å². The zero-order chi connectivity index (χ0) is 34.9. The van der Waals surface area contributed by atoms with Gasteiger partial charge in [0.2, 0.25) is 0 Å². The summed E-state index contributed by atoms with van der Waals surface area (Å²) >= 11 is 11.9. The van der Waals surface area contributed by atoms with Gasteiger partial charge in [-0.2, -0.15) is 0 Å². The number of para-hydroxylation sites is 2. The number of alkyl halides is 2. The molecule has 0 fully saturated rings. The van der Waals surface area contributed by atoms with Gasteiger partial charge in [0.05, 0.1) is 35.1 Å². The number of amides is 3. The zero-order valence-electron chi connectivity index (χ0n) is 28.1. The van der Waals surface area contributed by atoms with Gasteiger partial charge in [0.1, 0.15) is 5.75 Å². The summed E-state index contributed by atoms with van der Waals surface area (Å²) in [6, 6.07) is 24.2. The average Bonchev–Trinajstić information content (AvgIpc) is 3.08. The number of fused-ring (bicyclic) bond motifs is 2. The van der Waals surface area contributed by atoms with Gasteiger partial charge in [-0.05, 0) is 75.1 Å². The maximum Gasteiger partial charge on any atom is 0.323 e. The van der Waals surface area contributed by atoms with Crippen LogP contribution in [0.25, 0.3) is 21.8 Å². The molecule has 0 bridgehead atoms. The quantitative estimate of drug-likeness (QED) is 0.0695. The largest absolute Gasteiger partial charge is 0.495 e. The first-order chi connectivity index (χ1) is 23.7. The van der Waals surface area contributed by atoms with Crippen molar-refractivity contribution in [2.24, 2.45) is 0 Å². The number of nitrogens with one attached hydrogen (secondary N) is 4. The summed E-state index contributed by atoms with van der Waals surface area (Å²) in [6.07, 6.45) is 0. The summed E-state index contributed by atoms with van der Waals surface area (Å²) in [5.41, 5.74) is 6.43. The van der Waals surface area contributed by atoms with Crippen molar-refractivity contribution in [3.8, 4) is 5.75 Å². The zero-order valence-corrected chi connectivity index (χ0v) is 29.6. The van der Waals surface area contributed by atoms with Crippen LogP contribution in [0.1, 0.15) is 15.9 Å². The van der Waals surface area contributed by atoms with E-state index in [0.717, 1.165) is 39.8 Å². The van der Waals surface area contributed by atoms with Crippen LogP contribution in [0.4, 0.5) is 33.2 Å². The van der Waals surface area contributed by atoms with E-state index in [2.05, 4.69) is 26.2 Å². The number of urea groups is 1. The highest BCUT2D eigenvalue weighted by Gasteiger charge is 2.18. The number of pyridine rings is 1. The van der Waals surface area contributed by atoms with E-state index < -0.39 is 6.03 Å². The Hall–Kier alpha value is -4.77. The maximum absolute atomic E-state index is 13.3. The summed E-state index contributed by atoms with van der Waals surface area (Å²) in [4.78, 5) is 35.6. The summed E-state index contributed by atoms with van der Waals surface area (Å²) in [7, 11) is 5.48. The first kappa shape index (κ1) is 35.5. The van der Waals surface area contributed by atoms with E-state index in [1.54, 1.807) is 19.2 Å². The number of aromatic nitrogens is 1. The molecule has 0 saturated carbocycles. The molecule has 1 aromatic heterocycles. The third-order valence-electron chi connectivity index (χ3n) is 8.04. The number of rotatable bonds is 14. The van der Waals surface area contributed by atoms with Gasteiger partial charge in [0.15, 0.2) is 0 Å². The Balaban J connectivity index is 1.43. The highest BCUT2D eigenvalue weighted by molar-refractivity contribution is 6.19. The number of hydrogen-bond acceptors (Lipinski definition) is 7. The Kier molecular flexibility index (Phi) is 12.0. The standard InChI is InChI=1S/C37H41Cl2N7O3/c1-24-7-5-8-28-33(24)44-35-29(9-6-10-30(35)36(47)40-19-22-45(2)3)34(28)41-26-13-16-32(49-4)31(23-26)43-37(48)42-25-11-14-27(15-12-25)46(20-17-38)21-18-39/h5-16,23H,17-22H2,1-4H3,(H,40,47)(H,41,44)(H2,42,43,48). The molecule has 0 unspecified atom stereocenters. The van der Waals surface area contributed by atoms with Crippen molar-refractivity contribution >= 4 is 85.4 Å². The van der Waals surface area contributed by atoms with Crippen molar-refractivity contribution in [3.05, 3.63) is 90.0 Å². The van der Waals surface area contributed by atoms with Crippen molar-refractivity contribution < 1.29 is 14.3 Å². The minimum atomic E-state index is -0.429. The fourth-order valence-corrected chi connectivity index (χ4v) is 5.99. The number of nitrogens with zero attached hydrogens (tertiary/aromatic N) is 3. The van der Waals surface area contributed by atoms with Gasteiger partial charge < -0.3 is 35.8 Å². The molecule has 10 nitrogen and oxygen atoms in total. The molecule has 0 atom stereocenters. The number of carbonyl (C=O) groups is 2. The first-order valence-electron chi connectivity index (χ1n) is 16.0. The lowest BCUT2D eigenvalue weighted by Gasteiger charge is -2.23. The van der Waals surface area contributed by atoms with E-state index in [1.807, 2.05) is 92.6 Å². The molecule has 0 saturated heterocycles. The minimum absolute atomic E-state index is 0.182. The van der Waals surface area contributed by atoms with Crippen molar-refractivity contribution in [1.82, 2.24) is 15.2 Å². The molecule has 4 aromatic carbocycles. The Morgan fingerprint density at radius 2 is 1.49 bits per heavy atom. The lowest BCUT2D eigenvalue weighted by molar-refractivity contribution is 0.0952. The SMILES string of the molecule is COc1ccc(Nc2c3cccc(C)c3nc3c(C(=O)NCCN(C)C)cccc23)cc1NC(=O)Nc1ccc(N(CCCl)CCCl)cc1. The molecule has 4 N–H and O–H groups in total. The molecule has 0 aliphatic heterocycles. The third kappa shape index (κ3) is 8.64. The second kappa shape index (κ2) is 16.6. The number of carbonyl (C=O) groups excluding carboxylic acids is 2. The van der Waals surface area contributed by atoms with E-state index in [1.165, 1.54) is 0 Å². The minimum Gasteiger partial charge on any atom is -0.495 e. The Morgan fingerprint density at radius 3 is 2.16 bits per heavy atom. The van der Waals surface area contributed by atoms with Crippen LogP contribution in [0.15, 0.2) is 78.9 Å². The fourth-order valence-electron chi connectivity index (χ4n) is 5.58.